The van der Waals surface area contributed by atoms with Crippen LogP contribution in [0, 0.1) is 12.3 Å². The number of aromatic nitrogens is 1. The number of ether oxygens (including phenoxy) is 5. The van der Waals surface area contributed by atoms with Crippen molar-refractivity contribution in [2.24, 2.45) is 16.9 Å². The molecule has 0 bridgehead atoms. The average Bonchev–Trinajstić information content (AvgIpc) is 2.55. The summed E-state index contributed by atoms with van der Waals surface area (Å²) in [5.74, 6) is -2.43. The van der Waals surface area contributed by atoms with E-state index >= 15 is 0 Å². The Hall–Kier alpha value is -6.40. The highest BCUT2D eigenvalue weighted by molar-refractivity contribution is 7.13. The van der Waals surface area contributed by atoms with Crippen LogP contribution in [0.4, 0.5) is 10.1 Å². The SMILES string of the molecule is Cc1ncsc1-c1ccc(CNC(=O)[C@@H]2C[C@@H](O)CN2C(=O)[C@@H](NC(=O)C2(F)CC2)C(C)(C)C)c(OCCOCCOCCOCCCc2ccc(CO[C@H](C)[C@H](CCC(N)=O)NC(=O)[C@@H]3Cc4cccc5c4N3C(=O)[C@@H](N)CC5)cc2)c1. The lowest BCUT2D eigenvalue weighted by Crippen LogP contribution is -2.59. The topological polar surface area (TPSA) is 276 Å². The Morgan fingerprint density at radius 1 is 0.904 bits per heavy atom. The number of β-amino-alcohol motifs (C(OH)–C–C–N with tert-alkyl or cyclic N) is 1. The number of hydrogen-bond acceptors (Lipinski definition) is 15. The van der Waals surface area contributed by atoms with Gasteiger partial charge < -0.3 is 61.1 Å². The largest absolute Gasteiger partial charge is 0.491 e. The van der Waals surface area contributed by atoms with Crippen LogP contribution in [0.15, 0.2) is 66.2 Å². The van der Waals surface area contributed by atoms with Gasteiger partial charge in [-0.1, -0.05) is 75.4 Å². The average molecular weight is 1170 g/mol. The highest BCUT2D eigenvalue weighted by Gasteiger charge is 2.53. The molecule has 8 N–H and O–H groups in total. The third kappa shape index (κ3) is 16.5. The number of carbonyl (C=O) groups excluding carboxylic acids is 6. The van der Waals surface area contributed by atoms with Crippen molar-refractivity contribution in [3.8, 4) is 16.2 Å². The number of alkyl halides is 1. The first-order valence-electron chi connectivity index (χ1n) is 28.8. The van der Waals surface area contributed by atoms with E-state index in [-0.39, 0.29) is 76.8 Å². The van der Waals surface area contributed by atoms with Gasteiger partial charge in [0.15, 0.2) is 5.67 Å². The van der Waals surface area contributed by atoms with E-state index < -0.39 is 77.1 Å². The Morgan fingerprint density at radius 3 is 2.27 bits per heavy atom. The monoisotopic (exact) mass is 1170 g/mol. The fraction of sp³-hybridized carbons (Fsp3) is 0.557. The van der Waals surface area contributed by atoms with Crippen molar-refractivity contribution in [2.75, 3.05) is 57.7 Å². The Morgan fingerprint density at radius 2 is 1.59 bits per heavy atom. The van der Waals surface area contributed by atoms with Crippen molar-refractivity contribution in [3.05, 3.63) is 99.7 Å². The Kier molecular flexibility index (Phi) is 21.5. The molecule has 0 radical (unpaired) electrons. The van der Waals surface area contributed by atoms with Crippen molar-refractivity contribution in [1.29, 1.82) is 0 Å². The van der Waals surface area contributed by atoms with Crippen molar-refractivity contribution < 1.29 is 61.9 Å². The summed E-state index contributed by atoms with van der Waals surface area (Å²) in [6.07, 6.45) is 2.28. The molecule has 0 spiro atoms. The number of benzene rings is 3. The fourth-order valence-electron chi connectivity index (χ4n) is 10.7. The number of carbonyl (C=O) groups is 6. The van der Waals surface area contributed by atoms with Gasteiger partial charge in [0.2, 0.25) is 29.5 Å². The van der Waals surface area contributed by atoms with Crippen LogP contribution in [0.3, 0.4) is 0 Å². The van der Waals surface area contributed by atoms with Gasteiger partial charge in [0.05, 0.1) is 85.7 Å². The number of nitrogens with two attached hydrogens (primary N) is 2. The molecular weight excluding hydrogens is 1090 g/mol. The summed E-state index contributed by atoms with van der Waals surface area (Å²) in [7, 11) is 0. The first kappa shape index (κ1) is 62.6. The van der Waals surface area contributed by atoms with Gasteiger partial charge in [-0.05, 0) is 98.1 Å². The molecule has 450 valence electrons. The predicted octanol–water partition coefficient (Wildman–Crippen LogP) is 4.68. The number of primary amides is 1. The highest BCUT2D eigenvalue weighted by Crippen LogP contribution is 2.41. The van der Waals surface area contributed by atoms with Crippen molar-refractivity contribution in [1.82, 2.24) is 25.8 Å². The van der Waals surface area contributed by atoms with Crippen molar-refractivity contribution >= 4 is 52.5 Å². The van der Waals surface area contributed by atoms with Crippen LogP contribution in [0.1, 0.15) is 106 Å². The second-order valence-corrected chi connectivity index (χ2v) is 24.0. The van der Waals surface area contributed by atoms with Crippen LogP contribution in [0.2, 0.25) is 0 Å². The van der Waals surface area contributed by atoms with E-state index in [1.54, 1.807) is 31.2 Å². The van der Waals surface area contributed by atoms with E-state index in [2.05, 4.69) is 33.1 Å². The number of aliphatic hydroxyl groups excluding tert-OH is 1. The minimum atomic E-state index is -1.99. The van der Waals surface area contributed by atoms with E-state index in [1.807, 2.05) is 62.4 Å². The maximum absolute atomic E-state index is 14.7. The molecule has 0 unspecified atom stereocenters. The quantitative estimate of drug-likeness (QED) is 0.0387. The maximum atomic E-state index is 14.7. The van der Waals surface area contributed by atoms with Gasteiger partial charge in [-0.25, -0.2) is 9.37 Å². The van der Waals surface area contributed by atoms with Gasteiger partial charge in [-0.2, -0.15) is 0 Å². The summed E-state index contributed by atoms with van der Waals surface area (Å²) in [6.45, 7) is 11.9. The standard InChI is InChI=1S/C61H81FN8O12S/c1-37-53(83-36-66-37)43-15-16-44(33-65-55(73)48-32-45(71)34-69(48)58(76)54(60(3,4)5)68-59(77)61(62)21-22-61)50(31-43)81-29-28-80-27-26-79-25-24-78-23-7-8-39-11-13-40(14-12-39)35-82-38(2)47(19-20-51(64)72)67-56(74)49-30-42-10-6-9-41-17-18-46(63)57(75)70(49)52(41)42/h6,9-16,31,36,38,45-49,54,71H,7-8,17-30,32-35,63H2,1-5H3,(H2,64,72)(H,65,73)(H,67,74)(H,68,77)/t38-,45-,46+,47+,48+,49+,54-/m1/s1. The Balaban J connectivity index is 0.711. The predicted molar refractivity (Wildman–Crippen MR) is 310 cm³/mol. The van der Waals surface area contributed by atoms with E-state index in [1.165, 1.54) is 16.2 Å². The van der Waals surface area contributed by atoms with Gasteiger partial charge in [0.1, 0.15) is 30.5 Å². The lowest BCUT2D eigenvalue weighted by molar-refractivity contribution is -0.145. The number of nitrogens with one attached hydrogen (secondary N) is 3. The third-order valence-corrected chi connectivity index (χ3v) is 16.7. The number of thiazole rings is 1. The van der Waals surface area contributed by atoms with E-state index in [0.717, 1.165) is 56.9 Å². The molecule has 20 nitrogen and oxygen atoms in total. The number of rotatable bonds is 30. The summed E-state index contributed by atoms with van der Waals surface area (Å²) in [4.78, 5) is 87.8. The summed E-state index contributed by atoms with van der Waals surface area (Å²) in [6, 6.07) is 15.6. The molecule has 7 atom stereocenters. The molecule has 4 aliphatic rings. The molecule has 8 rings (SSSR count). The second-order valence-electron chi connectivity index (χ2n) is 23.2. The number of hydrogen-bond donors (Lipinski definition) is 6. The lowest BCUT2D eigenvalue weighted by atomic mass is 9.85. The molecule has 2 fully saturated rings. The fourth-order valence-corrected chi connectivity index (χ4v) is 11.5. The number of aryl methyl sites for hydroxylation is 3. The maximum Gasteiger partial charge on any atom is 0.258 e. The van der Waals surface area contributed by atoms with Crippen molar-refractivity contribution in [3.63, 3.8) is 0 Å². The number of para-hydroxylation sites is 1. The molecule has 22 heteroatoms. The van der Waals surface area contributed by atoms with Crippen LogP contribution in [-0.4, -0.2) is 151 Å². The molecule has 6 amide bonds. The Labute approximate surface area is 488 Å². The van der Waals surface area contributed by atoms with Gasteiger partial charge in [0.25, 0.3) is 5.91 Å². The molecule has 3 aromatic carbocycles. The number of halogens is 1. The molecule has 83 heavy (non-hydrogen) atoms. The molecule has 1 saturated heterocycles. The van der Waals surface area contributed by atoms with Crippen LogP contribution >= 0.6 is 11.3 Å². The first-order valence-corrected chi connectivity index (χ1v) is 29.7. The number of likely N-dealkylation sites (tertiary alicyclic amines) is 1. The first-order chi connectivity index (χ1) is 39.7. The molecule has 3 aliphatic heterocycles. The second kappa shape index (κ2) is 28.5. The zero-order chi connectivity index (χ0) is 59.4. The zero-order valence-corrected chi connectivity index (χ0v) is 49.1. The summed E-state index contributed by atoms with van der Waals surface area (Å²) in [5, 5.41) is 19.2. The molecule has 1 aliphatic carbocycles. The number of amides is 6. The van der Waals surface area contributed by atoms with Crippen LogP contribution in [0.5, 0.6) is 5.75 Å². The van der Waals surface area contributed by atoms with Gasteiger partial charge in [-0.3, -0.25) is 33.7 Å². The van der Waals surface area contributed by atoms with Gasteiger partial charge in [-0.15, -0.1) is 11.3 Å². The lowest BCUT2D eigenvalue weighted by Gasteiger charge is -2.35. The number of nitrogens with zero attached hydrogens (tertiary/aromatic N) is 3. The van der Waals surface area contributed by atoms with E-state index in [0.29, 0.717) is 63.6 Å². The normalized spacial score (nSPS) is 20.0. The molecule has 1 saturated carbocycles. The van der Waals surface area contributed by atoms with Gasteiger partial charge >= 0.3 is 0 Å². The number of aliphatic hydroxyl groups is 1. The van der Waals surface area contributed by atoms with E-state index in [9.17, 15) is 38.3 Å². The molecule has 1 aromatic heterocycles. The number of anilines is 1. The van der Waals surface area contributed by atoms with Crippen LogP contribution < -0.4 is 37.1 Å². The van der Waals surface area contributed by atoms with Crippen molar-refractivity contribution in [2.45, 2.75) is 160 Å². The van der Waals surface area contributed by atoms with Crippen LogP contribution in [-0.2, 0) is 80.1 Å². The van der Waals surface area contributed by atoms with E-state index in [4.69, 9.17) is 35.2 Å². The molecule has 4 aromatic rings. The minimum absolute atomic E-state index is 0.00647. The summed E-state index contributed by atoms with van der Waals surface area (Å²) >= 11 is 1.50. The zero-order valence-electron chi connectivity index (χ0n) is 48.3. The Bertz CT molecular complexity index is 2920. The summed E-state index contributed by atoms with van der Waals surface area (Å²) in [5.41, 5.74) is 18.0. The molecular formula is C61H81FN8O12S. The molecule has 4 heterocycles. The highest BCUT2D eigenvalue weighted by atomic mass is 32.1. The summed E-state index contributed by atoms with van der Waals surface area (Å²) < 4.78 is 44.5. The smallest absolute Gasteiger partial charge is 0.258 e. The third-order valence-electron chi connectivity index (χ3n) is 15.7. The minimum Gasteiger partial charge on any atom is -0.491 e. The van der Waals surface area contributed by atoms with Gasteiger partial charge in [0, 0.05) is 44.5 Å². The van der Waals surface area contributed by atoms with Crippen LogP contribution in [0.25, 0.3) is 10.4 Å².